The van der Waals surface area contributed by atoms with E-state index in [1.165, 1.54) is 5.56 Å². The number of aromatic nitrogens is 2. The minimum absolute atomic E-state index is 0.112. The fraction of sp³-hybridized carbons (Fsp3) is 0.562. The van der Waals surface area contributed by atoms with Gasteiger partial charge in [-0.3, -0.25) is 0 Å². The number of nitrogens with zero attached hydrogens (tertiary/aromatic N) is 2. The number of aryl methyl sites for hydroxylation is 1. The maximum absolute atomic E-state index is 6.34. The van der Waals surface area contributed by atoms with Gasteiger partial charge in [-0.15, -0.1) is 11.6 Å². The summed E-state index contributed by atoms with van der Waals surface area (Å²) in [6.07, 6.45) is 2.17. The molecule has 1 aromatic carbocycles. The zero-order valence-electron chi connectivity index (χ0n) is 12.7. The summed E-state index contributed by atoms with van der Waals surface area (Å²) in [5, 5.41) is -0.112. The van der Waals surface area contributed by atoms with E-state index in [1.807, 2.05) is 6.92 Å². The van der Waals surface area contributed by atoms with Crippen LogP contribution in [0.5, 0.6) is 0 Å². The van der Waals surface area contributed by atoms with Gasteiger partial charge < -0.3 is 9.30 Å². The quantitative estimate of drug-likeness (QED) is 0.726. The Kier molecular flexibility index (Phi) is 5.06. The number of ether oxygens (including phenoxy) is 1. The minimum atomic E-state index is -0.112. The summed E-state index contributed by atoms with van der Waals surface area (Å²) in [6.45, 7) is 6.93. The van der Waals surface area contributed by atoms with E-state index in [1.54, 1.807) is 7.11 Å². The highest BCUT2D eigenvalue weighted by atomic mass is 35.5. The number of hydrogen-bond acceptors (Lipinski definition) is 2. The van der Waals surface area contributed by atoms with Gasteiger partial charge in [-0.2, -0.15) is 0 Å². The normalized spacial score (nSPS) is 14.7. The van der Waals surface area contributed by atoms with E-state index in [2.05, 4.69) is 36.6 Å². The number of imidazole rings is 1. The van der Waals surface area contributed by atoms with E-state index >= 15 is 0 Å². The molecule has 0 spiro atoms. The maximum Gasteiger partial charge on any atom is 0.128 e. The second kappa shape index (κ2) is 6.59. The Labute approximate surface area is 125 Å². The Hall–Kier alpha value is -1.06. The van der Waals surface area contributed by atoms with Gasteiger partial charge in [0.1, 0.15) is 5.82 Å². The molecule has 0 N–H and O–H groups in total. The molecule has 2 atom stereocenters. The van der Waals surface area contributed by atoms with E-state index in [-0.39, 0.29) is 11.4 Å². The van der Waals surface area contributed by atoms with Crippen LogP contribution in [0.4, 0.5) is 0 Å². The van der Waals surface area contributed by atoms with E-state index in [4.69, 9.17) is 21.3 Å². The van der Waals surface area contributed by atoms with Gasteiger partial charge in [0.15, 0.2) is 0 Å². The van der Waals surface area contributed by atoms with Crippen LogP contribution < -0.4 is 0 Å². The third kappa shape index (κ3) is 2.99. The third-order valence-electron chi connectivity index (χ3n) is 3.57. The Bertz CT molecular complexity index is 571. The summed E-state index contributed by atoms with van der Waals surface area (Å²) in [6, 6.07) is 6.66. The molecule has 1 aromatic heterocycles. The van der Waals surface area contributed by atoms with E-state index < -0.39 is 0 Å². The molecule has 0 amide bonds. The number of hydrogen-bond donors (Lipinski definition) is 0. The number of rotatable bonds is 6. The molecule has 0 bridgehead atoms. The lowest BCUT2D eigenvalue weighted by Crippen LogP contribution is -2.17. The second-order valence-electron chi connectivity index (χ2n) is 5.35. The summed E-state index contributed by atoms with van der Waals surface area (Å²) in [4.78, 5) is 4.73. The molecule has 3 nitrogen and oxygen atoms in total. The molecule has 0 aliphatic carbocycles. The van der Waals surface area contributed by atoms with E-state index in [0.29, 0.717) is 6.61 Å². The van der Waals surface area contributed by atoms with Gasteiger partial charge in [-0.25, -0.2) is 4.98 Å². The second-order valence-corrected chi connectivity index (χ2v) is 6.00. The Morgan fingerprint density at radius 2 is 2.15 bits per heavy atom. The lowest BCUT2D eigenvalue weighted by atomic mass is 10.1. The highest BCUT2D eigenvalue weighted by molar-refractivity contribution is 6.20. The lowest BCUT2D eigenvalue weighted by molar-refractivity contribution is 0.150. The molecule has 0 aliphatic heterocycles. The van der Waals surface area contributed by atoms with Crippen molar-refractivity contribution in [2.45, 2.75) is 45.0 Å². The van der Waals surface area contributed by atoms with Gasteiger partial charge in [0.2, 0.25) is 0 Å². The van der Waals surface area contributed by atoms with Crippen LogP contribution in [-0.2, 0) is 4.74 Å². The monoisotopic (exact) mass is 294 g/mol. The summed E-state index contributed by atoms with van der Waals surface area (Å²) in [5.41, 5.74) is 3.38. The van der Waals surface area contributed by atoms with Gasteiger partial charge in [-0.05, 0) is 38.0 Å². The first-order chi connectivity index (χ1) is 9.58. The van der Waals surface area contributed by atoms with Crippen LogP contribution in [0.1, 0.15) is 49.5 Å². The average molecular weight is 295 g/mol. The molecule has 4 heteroatoms. The standard InChI is InChI=1S/C16H23ClN2O/c1-5-6-13(10-20-4)19-15-8-7-11(2)9-14(15)18-16(19)12(3)17/h7-9,12-13H,5-6,10H2,1-4H3. The number of fused-ring (bicyclic) bond motifs is 1. The van der Waals surface area contributed by atoms with Crippen molar-refractivity contribution in [1.29, 1.82) is 0 Å². The first-order valence-electron chi connectivity index (χ1n) is 7.20. The van der Waals surface area contributed by atoms with Crippen LogP contribution in [0.15, 0.2) is 18.2 Å². The number of methoxy groups -OCH3 is 1. The minimum Gasteiger partial charge on any atom is -0.383 e. The molecule has 2 unspecified atom stereocenters. The van der Waals surface area contributed by atoms with Gasteiger partial charge in [-0.1, -0.05) is 19.4 Å². The van der Waals surface area contributed by atoms with E-state index in [0.717, 1.165) is 29.7 Å². The highest BCUT2D eigenvalue weighted by Crippen LogP contribution is 2.30. The number of benzene rings is 1. The van der Waals surface area contributed by atoms with Gasteiger partial charge in [0.05, 0.1) is 29.1 Å². The molecular formula is C16H23ClN2O. The number of alkyl halides is 1. The Balaban J connectivity index is 2.60. The van der Waals surface area contributed by atoms with Crippen molar-refractivity contribution in [3.05, 3.63) is 29.6 Å². The molecule has 110 valence electrons. The van der Waals surface area contributed by atoms with Crippen LogP contribution in [0.3, 0.4) is 0 Å². The molecular weight excluding hydrogens is 272 g/mol. The molecule has 2 rings (SSSR count). The number of halogens is 1. The Morgan fingerprint density at radius 1 is 1.40 bits per heavy atom. The molecule has 0 saturated heterocycles. The SMILES string of the molecule is CCCC(COC)n1c(C(C)Cl)nc2cc(C)ccc21. The van der Waals surface area contributed by atoms with Crippen LogP contribution in [0, 0.1) is 6.92 Å². The topological polar surface area (TPSA) is 27.1 Å². The van der Waals surface area contributed by atoms with Crippen LogP contribution in [-0.4, -0.2) is 23.3 Å². The summed E-state index contributed by atoms with van der Waals surface area (Å²) >= 11 is 6.34. The molecule has 2 aromatic rings. The average Bonchev–Trinajstić information content (AvgIpc) is 2.77. The van der Waals surface area contributed by atoms with Crippen molar-refractivity contribution < 1.29 is 4.74 Å². The van der Waals surface area contributed by atoms with Gasteiger partial charge in [0, 0.05) is 7.11 Å². The molecule has 0 saturated carbocycles. The molecule has 0 aliphatic rings. The molecule has 20 heavy (non-hydrogen) atoms. The summed E-state index contributed by atoms with van der Waals surface area (Å²) < 4.78 is 7.66. The van der Waals surface area contributed by atoms with Crippen molar-refractivity contribution in [2.24, 2.45) is 0 Å². The fourth-order valence-electron chi connectivity index (χ4n) is 2.70. The lowest BCUT2D eigenvalue weighted by Gasteiger charge is -2.21. The maximum atomic E-state index is 6.34. The van der Waals surface area contributed by atoms with Crippen molar-refractivity contribution >= 4 is 22.6 Å². The van der Waals surface area contributed by atoms with Crippen LogP contribution >= 0.6 is 11.6 Å². The fourth-order valence-corrected chi connectivity index (χ4v) is 2.86. The highest BCUT2D eigenvalue weighted by Gasteiger charge is 2.21. The third-order valence-corrected chi connectivity index (χ3v) is 3.77. The molecule has 1 heterocycles. The Morgan fingerprint density at radius 3 is 2.75 bits per heavy atom. The zero-order valence-corrected chi connectivity index (χ0v) is 13.4. The van der Waals surface area contributed by atoms with Crippen LogP contribution in [0.25, 0.3) is 11.0 Å². The first kappa shape index (κ1) is 15.3. The largest absolute Gasteiger partial charge is 0.383 e. The van der Waals surface area contributed by atoms with Gasteiger partial charge >= 0.3 is 0 Å². The van der Waals surface area contributed by atoms with Crippen molar-refractivity contribution in [1.82, 2.24) is 9.55 Å². The van der Waals surface area contributed by atoms with Gasteiger partial charge in [0.25, 0.3) is 0 Å². The van der Waals surface area contributed by atoms with E-state index in [9.17, 15) is 0 Å². The summed E-state index contributed by atoms with van der Waals surface area (Å²) in [7, 11) is 1.75. The predicted octanol–water partition coefficient (Wildman–Crippen LogP) is 4.63. The predicted molar refractivity (Wildman–Crippen MR) is 84.6 cm³/mol. The van der Waals surface area contributed by atoms with Crippen molar-refractivity contribution in [3.8, 4) is 0 Å². The van der Waals surface area contributed by atoms with Crippen LogP contribution in [0.2, 0.25) is 0 Å². The molecule has 0 radical (unpaired) electrons. The smallest absolute Gasteiger partial charge is 0.128 e. The van der Waals surface area contributed by atoms with Crippen molar-refractivity contribution in [3.63, 3.8) is 0 Å². The zero-order chi connectivity index (χ0) is 14.7. The van der Waals surface area contributed by atoms with Crippen molar-refractivity contribution in [2.75, 3.05) is 13.7 Å². The summed E-state index contributed by atoms with van der Waals surface area (Å²) in [5.74, 6) is 0.933. The molecule has 0 fully saturated rings. The first-order valence-corrected chi connectivity index (χ1v) is 7.63.